The van der Waals surface area contributed by atoms with E-state index in [2.05, 4.69) is 49.8 Å². The van der Waals surface area contributed by atoms with Crippen molar-refractivity contribution in [1.29, 1.82) is 0 Å². The van der Waals surface area contributed by atoms with Crippen LogP contribution in [0.1, 0.15) is 39.4 Å². The first kappa shape index (κ1) is 20.6. The number of carbonyl (C=O) groups excluding carboxylic acids is 1. The van der Waals surface area contributed by atoms with Crippen LogP contribution < -0.4 is 4.74 Å². The Morgan fingerprint density at radius 3 is 2.59 bits per heavy atom. The molecular formula is C21H28BrFN2O3Si. The van der Waals surface area contributed by atoms with Gasteiger partial charge in [-0.05, 0) is 57.8 Å². The molecule has 1 aromatic carbocycles. The molecule has 2 atom stereocenters. The second-order valence-corrected chi connectivity index (χ2v) is 14.5. The molecule has 1 aromatic heterocycles. The Morgan fingerprint density at radius 2 is 2.00 bits per heavy atom. The van der Waals surface area contributed by atoms with E-state index in [0.717, 1.165) is 4.47 Å². The van der Waals surface area contributed by atoms with Crippen LogP contribution in [0.25, 0.3) is 0 Å². The molecule has 8 heteroatoms. The summed E-state index contributed by atoms with van der Waals surface area (Å²) in [6.45, 7) is 9.91. The number of aromatic nitrogens is 1. The summed E-state index contributed by atoms with van der Waals surface area (Å²) in [7, 11) is -0.673. The fraction of sp³-hybridized carbons (Fsp3) is 0.476. The van der Waals surface area contributed by atoms with Gasteiger partial charge in [-0.2, -0.15) is 0 Å². The van der Waals surface area contributed by atoms with Gasteiger partial charge in [0.1, 0.15) is 11.6 Å². The SMILES string of the molecule is [2H][C@H]1c2cc(Br)cn2C(=O)N1C(CO[Si](C)(C)C(C)(C)C)c1cc(F)cc(OC)c1. The molecule has 29 heavy (non-hydrogen) atoms. The van der Waals surface area contributed by atoms with Crippen molar-refractivity contribution in [2.45, 2.75) is 51.5 Å². The predicted octanol–water partition coefficient (Wildman–Crippen LogP) is 5.95. The van der Waals surface area contributed by atoms with E-state index in [1.165, 1.54) is 28.7 Å². The van der Waals surface area contributed by atoms with Crippen molar-refractivity contribution in [3.8, 4) is 5.75 Å². The van der Waals surface area contributed by atoms with Gasteiger partial charge in [-0.15, -0.1) is 0 Å². The zero-order chi connectivity index (χ0) is 22.4. The summed E-state index contributed by atoms with van der Waals surface area (Å²) in [5.41, 5.74) is 1.11. The largest absolute Gasteiger partial charge is 0.497 e. The number of hydrogen-bond acceptors (Lipinski definition) is 3. The van der Waals surface area contributed by atoms with E-state index >= 15 is 0 Å². The quantitative estimate of drug-likeness (QED) is 0.477. The topological polar surface area (TPSA) is 43.7 Å². The molecule has 1 aliphatic rings. The molecule has 0 spiro atoms. The smallest absolute Gasteiger partial charge is 0.329 e. The number of halogens is 2. The van der Waals surface area contributed by atoms with Crippen molar-refractivity contribution >= 4 is 30.3 Å². The number of benzene rings is 1. The van der Waals surface area contributed by atoms with E-state index in [1.807, 2.05) is 0 Å². The molecule has 0 N–H and O–H groups in total. The van der Waals surface area contributed by atoms with Crippen LogP contribution in [0.3, 0.4) is 0 Å². The maximum atomic E-state index is 14.3. The van der Waals surface area contributed by atoms with Gasteiger partial charge >= 0.3 is 6.03 Å². The summed E-state index contributed by atoms with van der Waals surface area (Å²) in [4.78, 5) is 14.6. The summed E-state index contributed by atoms with van der Waals surface area (Å²) in [5, 5.41) is -0.0251. The number of rotatable bonds is 6. The van der Waals surface area contributed by atoms with Crippen molar-refractivity contribution in [3.63, 3.8) is 0 Å². The third-order valence-electron chi connectivity index (χ3n) is 5.77. The molecule has 158 valence electrons. The average Bonchev–Trinajstić information content (AvgIpc) is 3.13. The maximum absolute atomic E-state index is 14.3. The van der Waals surface area contributed by atoms with Gasteiger partial charge in [0.15, 0.2) is 8.32 Å². The fourth-order valence-electron chi connectivity index (χ4n) is 2.99. The highest BCUT2D eigenvalue weighted by molar-refractivity contribution is 9.10. The average molecular weight is 484 g/mol. The van der Waals surface area contributed by atoms with Crippen LogP contribution in [-0.2, 0) is 10.9 Å². The Labute approximate surface area is 182 Å². The van der Waals surface area contributed by atoms with E-state index in [0.29, 0.717) is 17.0 Å². The zero-order valence-corrected chi connectivity index (χ0v) is 20.2. The van der Waals surface area contributed by atoms with E-state index < -0.39 is 26.7 Å². The molecule has 0 radical (unpaired) electrons. The minimum absolute atomic E-state index is 0.0251. The van der Waals surface area contributed by atoms with Crippen LogP contribution in [0.2, 0.25) is 18.1 Å². The zero-order valence-electron chi connectivity index (χ0n) is 18.6. The first-order valence-corrected chi connectivity index (χ1v) is 13.2. The number of methoxy groups -OCH3 is 1. The summed E-state index contributed by atoms with van der Waals surface area (Å²) in [6, 6.07) is 5.17. The van der Waals surface area contributed by atoms with Gasteiger partial charge in [-0.3, -0.25) is 4.57 Å². The lowest BCUT2D eigenvalue weighted by molar-refractivity contribution is 0.144. The molecule has 2 heterocycles. The van der Waals surface area contributed by atoms with Gasteiger partial charge in [0, 0.05) is 22.4 Å². The highest BCUT2D eigenvalue weighted by atomic mass is 79.9. The van der Waals surface area contributed by atoms with E-state index in [4.69, 9.17) is 10.5 Å². The summed E-state index contributed by atoms with van der Waals surface area (Å²) in [5.74, 6) is -0.102. The Kier molecular flexibility index (Phi) is 5.61. The van der Waals surface area contributed by atoms with E-state index in [9.17, 15) is 9.18 Å². The highest BCUT2D eigenvalue weighted by Crippen LogP contribution is 2.39. The van der Waals surface area contributed by atoms with Crippen molar-refractivity contribution in [1.82, 2.24) is 9.47 Å². The molecule has 0 bridgehead atoms. The Balaban J connectivity index is 2.01. The van der Waals surface area contributed by atoms with E-state index in [1.54, 1.807) is 18.3 Å². The number of hydrogen-bond donors (Lipinski definition) is 0. The van der Waals surface area contributed by atoms with Gasteiger partial charge in [0.25, 0.3) is 0 Å². The number of nitrogens with zero attached hydrogens (tertiary/aromatic N) is 2. The van der Waals surface area contributed by atoms with Gasteiger partial charge in [0.05, 0.1) is 27.7 Å². The third-order valence-corrected chi connectivity index (χ3v) is 10.7. The molecule has 0 saturated carbocycles. The van der Waals surface area contributed by atoms with Crippen LogP contribution in [0.15, 0.2) is 34.9 Å². The molecular weight excluding hydrogens is 455 g/mol. The van der Waals surface area contributed by atoms with Gasteiger partial charge < -0.3 is 14.1 Å². The molecule has 5 nitrogen and oxygen atoms in total. The Morgan fingerprint density at radius 1 is 1.31 bits per heavy atom. The number of fused-ring (bicyclic) bond motifs is 1. The minimum atomic E-state index is -2.14. The minimum Gasteiger partial charge on any atom is -0.497 e. The summed E-state index contributed by atoms with van der Waals surface area (Å²) < 4.78 is 36.8. The molecule has 1 unspecified atom stereocenters. The molecule has 0 aliphatic carbocycles. The lowest BCUT2D eigenvalue weighted by Gasteiger charge is -2.38. The van der Waals surface area contributed by atoms with Crippen molar-refractivity contribution in [2.75, 3.05) is 13.7 Å². The first-order chi connectivity index (χ1) is 13.9. The van der Waals surface area contributed by atoms with Gasteiger partial charge in [-0.25, -0.2) is 9.18 Å². The monoisotopic (exact) mass is 483 g/mol. The number of carbonyl (C=O) groups is 1. The second-order valence-electron chi connectivity index (χ2n) is 8.78. The van der Waals surface area contributed by atoms with Crippen LogP contribution in [0.4, 0.5) is 9.18 Å². The summed E-state index contributed by atoms with van der Waals surface area (Å²) in [6.07, 6.45) is 1.65. The number of amides is 1. The molecule has 1 aliphatic heterocycles. The fourth-order valence-corrected chi connectivity index (χ4v) is 4.44. The number of ether oxygens (including phenoxy) is 1. The van der Waals surface area contributed by atoms with E-state index in [-0.39, 0.29) is 17.7 Å². The van der Waals surface area contributed by atoms with Gasteiger partial charge in [-0.1, -0.05) is 20.8 Å². The molecule has 0 fully saturated rings. The van der Waals surface area contributed by atoms with Crippen LogP contribution in [0, 0.1) is 5.82 Å². The van der Waals surface area contributed by atoms with Crippen molar-refractivity contribution in [3.05, 3.63) is 52.0 Å². The van der Waals surface area contributed by atoms with Crippen molar-refractivity contribution < 1.29 is 19.7 Å². The lowest BCUT2D eigenvalue weighted by Crippen LogP contribution is -2.44. The normalized spacial score (nSPS) is 18.6. The van der Waals surface area contributed by atoms with Crippen LogP contribution in [0.5, 0.6) is 5.75 Å². The van der Waals surface area contributed by atoms with Gasteiger partial charge in [0.2, 0.25) is 0 Å². The molecule has 2 aromatic rings. The third kappa shape index (κ3) is 4.44. The molecule has 0 saturated heterocycles. The first-order valence-electron chi connectivity index (χ1n) is 10.0. The maximum Gasteiger partial charge on any atom is 0.329 e. The molecule has 1 amide bonds. The highest BCUT2D eigenvalue weighted by Gasteiger charge is 2.40. The van der Waals surface area contributed by atoms with Crippen molar-refractivity contribution in [2.24, 2.45) is 0 Å². The molecule has 3 rings (SSSR count). The standard InChI is InChI=1S/C21H28BrFN2O3Si/c1-21(2,3)29(5,6)28-13-19(14-7-16(23)10-18(8-14)27-4)25-12-17-9-15(22)11-24(17)20(25)26/h7-11,19H,12-13H2,1-6H3/i12D/t12-,19?/m0/s1. The summed E-state index contributed by atoms with van der Waals surface area (Å²) >= 11 is 3.36. The lowest BCUT2D eigenvalue weighted by atomic mass is 10.1. The van der Waals surface area contributed by atoms with Crippen LogP contribution >= 0.6 is 15.9 Å². The van der Waals surface area contributed by atoms with Crippen LogP contribution in [-0.4, -0.2) is 37.5 Å². The predicted molar refractivity (Wildman–Crippen MR) is 117 cm³/mol. The Bertz CT molecular complexity index is 960. The second kappa shape index (κ2) is 7.89. The Hall–Kier alpha value is -1.64.